The average molecular weight is 190 g/mol. The molecule has 1 heteroatoms. The van der Waals surface area contributed by atoms with E-state index in [0.29, 0.717) is 12.2 Å². The van der Waals surface area contributed by atoms with Crippen LogP contribution < -0.4 is 0 Å². The molecule has 1 nitrogen and oxygen atoms in total. The molecule has 0 aliphatic heterocycles. The maximum absolute atomic E-state index is 5.99. The highest BCUT2D eigenvalue weighted by Crippen LogP contribution is 2.34. The summed E-state index contributed by atoms with van der Waals surface area (Å²) in [6.45, 7) is 4.33. The van der Waals surface area contributed by atoms with Crippen LogP contribution in [0.3, 0.4) is 0 Å². The van der Waals surface area contributed by atoms with Crippen molar-refractivity contribution in [3.8, 4) is 0 Å². The van der Waals surface area contributed by atoms with Crippen LogP contribution in [0.25, 0.3) is 0 Å². The van der Waals surface area contributed by atoms with Gasteiger partial charge in [0.2, 0.25) is 0 Å². The quantitative estimate of drug-likeness (QED) is 0.709. The summed E-state index contributed by atoms with van der Waals surface area (Å²) in [5.41, 5.74) is 2.88. The summed E-state index contributed by atoms with van der Waals surface area (Å²) >= 11 is 0. The van der Waals surface area contributed by atoms with Crippen LogP contribution in [0.2, 0.25) is 0 Å². The second kappa shape index (κ2) is 4.14. The van der Waals surface area contributed by atoms with Crippen LogP contribution >= 0.6 is 0 Å². The molecule has 0 spiro atoms. The molecule has 2 atom stereocenters. The van der Waals surface area contributed by atoms with E-state index in [1.807, 2.05) is 0 Å². The summed E-state index contributed by atoms with van der Waals surface area (Å²) in [7, 11) is 0. The van der Waals surface area contributed by atoms with E-state index in [4.69, 9.17) is 4.74 Å². The Morgan fingerprint density at radius 3 is 3.00 bits per heavy atom. The molecule has 2 rings (SSSR count). The fraction of sp³-hybridized carbons (Fsp3) is 0.538. The fourth-order valence-corrected chi connectivity index (χ4v) is 2.04. The Morgan fingerprint density at radius 2 is 2.21 bits per heavy atom. The molecule has 1 aliphatic carbocycles. The fourth-order valence-electron chi connectivity index (χ4n) is 2.04. The standard InChI is InChI=1S/C13H18O/c1-3-10(2)14-13-9-8-11-6-4-5-7-12(11)13/h4-7,10,13H,3,8-9H2,1-2H3. The summed E-state index contributed by atoms with van der Waals surface area (Å²) in [6.07, 6.45) is 4.16. The van der Waals surface area contributed by atoms with E-state index >= 15 is 0 Å². The van der Waals surface area contributed by atoms with E-state index in [2.05, 4.69) is 38.1 Å². The molecule has 1 aromatic rings. The number of aryl methyl sites for hydroxylation is 1. The topological polar surface area (TPSA) is 9.23 Å². The zero-order valence-corrected chi connectivity index (χ0v) is 8.99. The summed E-state index contributed by atoms with van der Waals surface area (Å²) in [5.74, 6) is 0. The molecule has 0 bridgehead atoms. The third kappa shape index (κ3) is 1.83. The van der Waals surface area contributed by atoms with Crippen LogP contribution in [0.1, 0.15) is 43.9 Å². The first kappa shape index (κ1) is 9.72. The molecule has 0 saturated carbocycles. The summed E-state index contributed by atoms with van der Waals surface area (Å²) in [6, 6.07) is 8.65. The van der Waals surface area contributed by atoms with Gasteiger partial charge in [-0.05, 0) is 37.3 Å². The number of hydrogen-bond acceptors (Lipinski definition) is 1. The minimum absolute atomic E-state index is 0.348. The van der Waals surface area contributed by atoms with E-state index < -0.39 is 0 Å². The maximum Gasteiger partial charge on any atom is 0.0834 e. The van der Waals surface area contributed by atoms with Gasteiger partial charge >= 0.3 is 0 Å². The monoisotopic (exact) mass is 190 g/mol. The zero-order valence-electron chi connectivity index (χ0n) is 8.99. The summed E-state index contributed by atoms with van der Waals surface area (Å²) in [5, 5.41) is 0. The van der Waals surface area contributed by atoms with Gasteiger partial charge in [0.05, 0.1) is 12.2 Å². The van der Waals surface area contributed by atoms with Crippen LogP contribution in [0.4, 0.5) is 0 Å². The molecule has 1 aliphatic rings. The van der Waals surface area contributed by atoms with Gasteiger partial charge in [0.15, 0.2) is 0 Å². The number of hydrogen-bond donors (Lipinski definition) is 0. The molecule has 0 aromatic heterocycles. The summed E-state index contributed by atoms with van der Waals surface area (Å²) < 4.78 is 5.99. The second-order valence-corrected chi connectivity index (χ2v) is 4.08. The molecule has 0 heterocycles. The Morgan fingerprint density at radius 1 is 1.43 bits per heavy atom. The molecule has 2 unspecified atom stereocenters. The van der Waals surface area contributed by atoms with Crippen LogP contribution in [-0.4, -0.2) is 6.10 Å². The largest absolute Gasteiger partial charge is 0.371 e. The van der Waals surface area contributed by atoms with Gasteiger partial charge in [0, 0.05) is 0 Å². The lowest BCUT2D eigenvalue weighted by molar-refractivity contribution is -0.00389. The molecule has 0 N–H and O–H groups in total. The van der Waals surface area contributed by atoms with Crippen molar-refractivity contribution in [2.24, 2.45) is 0 Å². The van der Waals surface area contributed by atoms with Crippen molar-refractivity contribution in [1.82, 2.24) is 0 Å². The van der Waals surface area contributed by atoms with Gasteiger partial charge in [-0.25, -0.2) is 0 Å². The van der Waals surface area contributed by atoms with Crippen molar-refractivity contribution in [2.45, 2.75) is 45.3 Å². The van der Waals surface area contributed by atoms with Gasteiger partial charge in [-0.3, -0.25) is 0 Å². The van der Waals surface area contributed by atoms with Gasteiger partial charge in [-0.2, -0.15) is 0 Å². The highest BCUT2D eigenvalue weighted by Gasteiger charge is 2.23. The highest BCUT2D eigenvalue weighted by atomic mass is 16.5. The zero-order chi connectivity index (χ0) is 9.97. The predicted octanol–water partition coefficient (Wildman–Crippen LogP) is 3.49. The predicted molar refractivity (Wildman–Crippen MR) is 58.3 cm³/mol. The number of fused-ring (bicyclic) bond motifs is 1. The normalized spacial score (nSPS) is 22.0. The molecule has 0 amide bonds. The van der Waals surface area contributed by atoms with Crippen LogP contribution in [0.5, 0.6) is 0 Å². The number of ether oxygens (including phenoxy) is 1. The van der Waals surface area contributed by atoms with Crippen molar-refractivity contribution in [3.63, 3.8) is 0 Å². The van der Waals surface area contributed by atoms with Crippen molar-refractivity contribution >= 4 is 0 Å². The highest BCUT2D eigenvalue weighted by molar-refractivity contribution is 5.33. The third-order valence-electron chi connectivity index (χ3n) is 3.05. The first-order valence-electron chi connectivity index (χ1n) is 5.54. The molecule has 0 fully saturated rings. The van der Waals surface area contributed by atoms with E-state index in [0.717, 1.165) is 12.8 Å². The van der Waals surface area contributed by atoms with Crippen LogP contribution in [0, 0.1) is 0 Å². The SMILES string of the molecule is CCC(C)OC1CCc2ccccc21. The first-order chi connectivity index (χ1) is 6.81. The van der Waals surface area contributed by atoms with E-state index in [9.17, 15) is 0 Å². The van der Waals surface area contributed by atoms with Crippen molar-refractivity contribution in [1.29, 1.82) is 0 Å². The van der Waals surface area contributed by atoms with E-state index in [1.54, 1.807) is 0 Å². The Balaban J connectivity index is 2.10. The minimum Gasteiger partial charge on any atom is -0.371 e. The molecule has 1 aromatic carbocycles. The Hall–Kier alpha value is -0.820. The summed E-state index contributed by atoms with van der Waals surface area (Å²) in [4.78, 5) is 0. The minimum atomic E-state index is 0.348. The lowest BCUT2D eigenvalue weighted by atomic mass is 10.1. The first-order valence-corrected chi connectivity index (χ1v) is 5.54. The van der Waals surface area contributed by atoms with Crippen molar-refractivity contribution in [2.75, 3.05) is 0 Å². The van der Waals surface area contributed by atoms with Gasteiger partial charge in [0.25, 0.3) is 0 Å². The third-order valence-corrected chi connectivity index (χ3v) is 3.05. The second-order valence-electron chi connectivity index (χ2n) is 4.08. The lowest BCUT2D eigenvalue weighted by Gasteiger charge is -2.18. The molecule has 14 heavy (non-hydrogen) atoms. The van der Waals surface area contributed by atoms with Crippen molar-refractivity contribution in [3.05, 3.63) is 35.4 Å². The molecule has 0 saturated heterocycles. The van der Waals surface area contributed by atoms with Gasteiger partial charge in [-0.1, -0.05) is 31.2 Å². The van der Waals surface area contributed by atoms with E-state index in [1.165, 1.54) is 17.5 Å². The lowest BCUT2D eigenvalue weighted by Crippen LogP contribution is -2.10. The Bertz CT molecular complexity index is 306. The van der Waals surface area contributed by atoms with Gasteiger partial charge in [-0.15, -0.1) is 0 Å². The van der Waals surface area contributed by atoms with E-state index in [-0.39, 0.29) is 0 Å². The van der Waals surface area contributed by atoms with Gasteiger partial charge in [0.1, 0.15) is 0 Å². The molecule has 0 radical (unpaired) electrons. The van der Waals surface area contributed by atoms with Crippen molar-refractivity contribution < 1.29 is 4.74 Å². The Kier molecular flexibility index (Phi) is 2.87. The average Bonchev–Trinajstić information content (AvgIpc) is 2.62. The molecule has 76 valence electrons. The smallest absolute Gasteiger partial charge is 0.0834 e. The van der Waals surface area contributed by atoms with Crippen LogP contribution in [-0.2, 0) is 11.2 Å². The maximum atomic E-state index is 5.99. The number of benzene rings is 1. The van der Waals surface area contributed by atoms with Crippen LogP contribution in [0.15, 0.2) is 24.3 Å². The van der Waals surface area contributed by atoms with Gasteiger partial charge < -0.3 is 4.74 Å². The molecular weight excluding hydrogens is 172 g/mol. The molecular formula is C13H18O. The Labute approximate surface area is 86.1 Å². The number of rotatable bonds is 3.